The second-order valence-electron chi connectivity index (χ2n) is 4.36. The highest BCUT2D eigenvalue weighted by molar-refractivity contribution is 7.99. The SMILES string of the molecule is CCNc1nc(OC(C)C)nc(Sc2ccoc2C)n1. The van der Waals surface area contributed by atoms with E-state index >= 15 is 0 Å². The van der Waals surface area contributed by atoms with Gasteiger partial charge in [0.15, 0.2) is 0 Å². The molecule has 0 bridgehead atoms. The second kappa shape index (κ2) is 6.60. The monoisotopic (exact) mass is 294 g/mol. The van der Waals surface area contributed by atoms with Crippen molar-refractivity contribution >= 4 is 17.7 Å². The summed E-state index contributed by atoms with van der Waals surface area (Å²) in [5.74, 6) is 1.36. The average molecular weight is 294 g/mol. The fraction of sp³-hybridized carbons (Fsp3) is 0.462. The zero-order valence-corrected chi connectivity index (χ0v) is 12.8. The predicted molar refractivity (Wildman–Crippen MR) is 77.3 cm³/mol. The van der Waals surface area contributed by atoms with Crippen LogP contribution >= 0.6 is 11.8 Å². The van der Waals surface area contributed by atoms with Crippen molar-refractivity contribution in [2.24, 2.45) is 0 Å². The zero-order chi connectivity index (χ0) is 14.5. The number of furan rings is 1. The van der Waals surface area contributed by atoms with Crippen LogP contribution in [0.3, 0.4) is 0 Å². The average Bonchev–Trinajstić information content (AvgIpc) is 2.74. The highest BCUT2D eigenvalue weighted by Gasteiger charge is 2.12. The molecule has 0 atom stereocenters. The summed E-state index contributed by atoms with van der Waals surface area (Å²) in [6.07, 6.45) is 1.66. The molecular formula is C13H18N4O2S. The van der Waals surface area contributed by atoms with Gasteiger partial charge in [0.25, 0.3) is 0 Å². The van der Waals surface area contributed by atoms with E-state index in [9.17, 15) is 0 Å². The van der Waals surface area contributed by atoms with Gasteiger partial charge in [-0.3, -0.25) is 0 Å². The lowest BCUT2D eigenvalue weighted by molar-refractivity contribution is 0.219. The van der Waals surface area contributed by atoms with Crippen LogP contribution in [0.15, 0.2) is 26.8 Å². The van der Waals surface area contributed by atoms with E-state index in [0.717, 1.165) is 17.2 Å². The van der Waals surface area contributed by atoms with Crippen molar-refractivity contribution in [1.82, 2.24) is 15.0 Å². The van der Waals surface area contributed by atoms with Crippen molar-refractivity contribution < 1.29 is 9.15 Å². The van der Waals surface area contributed by atoms with E-state index in [1.54, 1.807) is 6.26 Å². The van der Waals surface area contributed by atoms with Gasteiger partial charge in [0.1, 0.15) is 5.76 Å². The van der Waals surface area contributed by atoms with Gasteiger partial charge >= 0.3 is 6.01 Å². The van der Waals surface area contributed by atoms with Crippen molar-refractivity contribution in [1.29, 1.82) is 0 Å². The summed E-state index contributed by atoms with van der Waals surface area (Å²) >= 11 is 1.43. The first-order chi connectivity index (χ1) is 9.58. The Bertz CT molecular complexity index is 571. The van der Waals surface area contributed by atoms with Gasteiger partial charge in [0.2, 0.25) is 11.1 Å². The van der Waals surface area contributed by atoms with Crippen molar-refractivity contribution in [3.05, 3.63) is 18.1 Å². The third kappa shape index (κ3) is 3.86. The topological polar surface area (TPSA) is 73.1 Å². The summed E-state index contributed by atoms with van der Waals surface area (Å²) in [5, 5.41) is 3.66. The lowest BCUT2D eigenvalue weighted by atomic mass is 10.5. The van der Waals surface area contributed by atoms with E-state index < -0.39 is 0 Å². The predicted octanol–water partition coefficient (Wildman–Crippen LogP) is 3.14. The van der Waals surface area contributed by atoms with Crippen molar-refractivity contribution in [3.63, 3.8) is 0 Å². The summed E-state index contributed by atoms with van der Waals surface area (Å²) in [7, 11) is 0. The Morgan fingerprint density at radius 3 is 2.75 bits per heavy atom. The van der Waals surface area contributed by atoms with Crippen LogP contribution in [-0.2, 0) is 0 Å². The van der Waals surface area contributed by atoms with Crippen molar-refractivity contribution in [2.45, 2.75) is 43.9 Å². The third-order valence-corrected chi connectivity index (χ3v) is 3.29. The largest absolute Gasteiger partial charge is 0.468 e. The van der Waals surface area contributed by atoms with Gasteiger partial charge in [-0.15, -0.1) is 0 Å². The molecule has 20 heavy (non-hydrogen) atoms. The van der Waals surface area contributed by atoms with Crippen LogP contribution < -0.4 is 10.1 Å². The molecule has 2 aromatic rings. The minimum absolute atomic E-state index is 0.0142. The third-order valence-electron chi connectivity index (χ3n) is 2.28. The first-order valence-corrected chi connectivity index (χ1v) is 7.28. The smallest absolute Gasteiger partial charge is 0.322 e. The van der Waals surface area contributed by atoms with Gasteiger partial charge in [-0.05, 0) is 45.5 Å². The van der Waals surface area contributed by atoms with Crippen molar-refractivity contribution in [2.75, 3.05) is 11.9 Å². The molecule has 0 radical (unpaired) electrons. The van der Waals surface area contributed by atoms with Crippen molar-refractivity contribution in [3.8, 4) is 6.01 Å². The zero-order valence-electron chi connectivity index (χ0n) is 12.0. The van der Waals surface area contributed by atoms with Gasteiger partial charge in [-0.25, -0.2) is 0 Å². The Kier molecular flexibility index (Phi) is 4.84. The van der Waals surface area contributed by atoms with E-state index in [1.165, 1.54) is 11.8 Å². The fourth-order valence-corrected chi connectivity index (χ4v) is 2.23. The Morgan fingerprint density at radius 1 is 1.35 bits per heavy atom. The maximum atomic E-state index is 5.55. The Morgan fingerprint density at radius 2 is 2.15 bits per heavy atom. The number of ether oxygens (including phenoxy) is 1. The number of aromatic nitrogens is 3. The number of nitrogens with one attached hydrogen (secondary N) is 1. The van der Waals surface area contributed by atoms with E-state index in [4.69, 9.17) is 9.15 Å². The van der Waals surface area contributed by atoms with Gasteiger partial charge in [0.05, 0.1) is 17.3 Å². The highest BCUT2D eigenvalue weighted by Crippen LogP contribution is 2.29. The van der Waals surface area contributed by atoms with Crippen LogP contribution in [0.4, 0.5) is 5.95 Å². The molecule has 0 amide bonds. The van der Waals surface area contributed by atoms with Gasteiger partial charge < -0.3 is 14.5 Å². The molecule has 0 spiro atoms. The molecule has 2 rings (SSSR count). The summed E-state index contributed by atoms with van der Waals surface area (Å²) < 4.78 is 10.8. The van der Waals surface area contributed by atoms with Crippen LogP contribution in [0.1, 0.15) is 26.5 Å². The summed E-state index contributed by atoms with van der Waals surface area (Å²) in [5.41, 5.74) is 0. The quantitative estimate of drug-likeness (QED) is 0.877. The number of nitrogens with zero attached hydrogens (tertiary/aromatic N) is 3. The number of aryl methyl sites for hydroxylation is 1. The minimum atomic E-state index is 0.0142. The van der Waals surface area contributed by atoms with E-state index in [1.807, 2.05) is 33.8 Å². The molecule has 0 saturated heterocycles. The number of hydrogen-bond donors (Lipinski definition) is 1. The maximum absolute atomic E-state index is 5.55. The number of anilines is 1. The molecule has 1 N–H and O–H groups in total. The van der Waals surface area contributed by atoms with Gasteiger partial charge in [0, 0.05) is 6.54 Å². The van der Waals surface area contributed by atoms with Gasteiger partial charge in [-0.1, -0.05) is 0 Å². The highest BCUT2D eigenvalue weighted by atomic mass is 32.2. The van der Waals surface area contributed by atoms with Crippen LogP contribution in [0.5, 0.6) is 6.01 Å². The molecular weight excluding hydrogens is 276 g/mol. The molecule has 0 aliphatic heterocycles. The molecule has 7 heteroatoms. The first kappa shape index (κ1) is 14.6. The molecule has 0 fully saturated rings. The Hall–Kier alpha value is -1.76. The lowest BCUT2D eigenvalue weighted by Gasteiger charge is -2.10. The summed E-state index contributed by atoms with van der Waals surface area (Å²) in [6.45, 7) is 8.49. The van der Waals surface area contributed by atoms with E-state index in [-0.39, 0.29) is 6.10 Å². The van der Waals surface area contributed by atoms with Gasteiger partial charge in [-0.2, -0.15) is 15.0 Å². The molecule has 108 valence electrons. The maximum Gasteiger partial charge on any atom is 0.322 e. The molecule has 0 aliphatic rings. The summed E-state index contributed by atoms with van der Waals surface area (Å²) in [4.78, 5) is 13.9. The number of hydrogen-bond acceptors (Lipinski definition) is 7. The second-order valence-corrected chi connectivity index (χ2v) is 5.37. The molecule has 0 saturated carbocycles. The standard InChI is InChI=1S/C13H18N4O2S/c1-5-14-11-15-12(19-8(2)3)17-13(16-11)20-10-6-7-18-9(10)4/h6-8H,5H2,1-4H3,(H,14,15,16,17). The molecule has 6 nitrogen and oxygen atoms in total. The summed E-state index contributed by atoms with van der Waals surface area (Å²) in [6, 6.07) is 2.22. The minimum Gasteiger partial charge on any atom is -0.468 e. The fourth-order valence-electron chi connectivity index (χ4n) is 1.46. The Labute approximate surface area is 122 Å². The number of rotatable bonds is 6. The molecule has 0 aliphatic carbocycles. The van der Waals surface area contributed by atoms with Crippen LogP contribution in [0.2, 0.25) is 0 Å². The van der Waals surface area contributed by atoms with Crippen LogP contribution in [0, 0.1) is 6.92 Å². The molecule has 2 aromatic heterocycles. The molecule has 0 aromatic carbocycles. The molecule has 2 heterocycles. The normalized spacial score (nSPS) is 10.8. The first-order valence-electron chi connectivity index (χ1n) is 6.47. The lowest BCUT2D eigenvalue weighted by Crippen LogP contribution is -2.11. The van der Waals surface area contributed by atoms with E-state index in [2.05, 4.69) is 20.3 Å². The van der Waals surface area contributed by atoms with Crippen LogP contribution in [-0.4, -0.2) is 27.6 Å². The van der Waals surface area contributed by atoms with E-state index in [0.29, 0.717) is 17.1 Å². The van der Waals surface area contributed by atoms with Crippen LogP contribution in [0.25, 0.3) is 0 Å². The Balaban J connectivity index is 2.26. The molecule has 0 unspecified atom stereocenters.